The maximum Gasteiger partial charge on any atom is 0.161 e. The predicted molar refractivity (Wildman–Crippen MR) is 72.0 cm³/mol. The summed E-state index contributed by atoms with van der Waals surface area (Å²) in [4.78, 5) is 0. The maximum absolute atomic E-state index is 14.6. The van der Waals surface area contributed by atoms with Crippen molar-refractivity contribution in [2.45, 2.75) is 18.5 Å². The lowest BCUT2D eigenvalue weighted by molar-refractivity contribution is 0.121. The third kappa shape index (κ3) is 2.52. The second kappa shape index (κ2) is 6.94. The summed E-state index contributed by atoms with van der Waals surface area (Å²) in [5.74, 6) is -13.0. The Morgan fingerprint density at radius 2 is 1.31 bits per heavy atom. The van der Waals surface area contributed by atoms with Gasteiger partial charge in [-0.25, -0.2) is 26.3 Å². The predicted octanol–water partition coefficient (Wildman–Crippen LogP) is 3.64. The Hall–Kier alpha value is -3.24. The molecule has 0 saturated heterocycles. The van der Waals surface area contributed by atoms with E-state index < -0.39 is 70.5 Å². The lowest BCUT2D eigenvalue weighted by Gasteiger charge is -2.38. The summed E-state index contributed by atoms with van der Waals surface area (Å²) in [6.07, 6.45) is -8.94. The molecule has 0 N–H and O–H groups in total. The minimum Gasteiger partial charge on any atom is -0.241 e. The molecule has 1 saturated carbocycles. The third-order valence-electron chi connectivity index (χ3n) is 4.22. The number of fused-ring (bicyclic) bond motifs is 1. The van der Waals surface area contributed by atoms with Gasteiger partial charge >= 0.3 is 0 Å². The Labute approximate surface area is 143 Å². The summed E-state index contributed by atoms with van der Waals surface area (Å²) >= 11 is 0. The van der Waals surface area contributed by atoms with Crippen molar-refractivity contribution in [2.24, 2.45) is 17.8 Å². The van der Waals surface area contributed by atoms with Crippen molar-refractivity contribution in [2.75, 3.05) is 0 Å². The first-order valence-corrected chi connectivity index (χ1v) is 6.96. The van der Waals surface area contributed by atoms with Gasteiger partial charge in [-0.1, -0.05) is 0 Å². The highest BCUT2D eigenvalue weighted by molar-refractivity contribution is 5.52. The van der Waals surface area contributed by atoms with Crippen LogP contribution in [0.1, 0.15) is 0 Å². The fraction of sp³-hybridized carbons (Fsp3) is 0.375. The Bertz CT molecular complexity index is 877. The topological polar surface area (TPSA) is 95.2 Å². The zero-order chi connectivity index (χ0) is 19.8. The normalized spacial score (nSPS) is 30.9. The average Bonchev–Trinajstić information content (AvgIpc) is 2.63. The molecule has 0 heterocycles. The molecule has 0 amide bonds. The zero-order valence-corrected chi connectivity index (χ0v) is 12.5. The molecule has 2 rings (SSSR count). The van der Waals surface area contributed by atoms with Gasteiger partial charge < -0.3 is 0 Å². The zero-order valence-electron chi connectivity index (χ0n) is 12.5. The Morgan fingerprint density at radius 1 is 0.769 bits per heavy atom. The smallest absolute Gasteiger partial charge is 0.161 e. The van der Waals surface area contributed by atoms with E-state index >= 15 is 0 Å². The molecule has 26 heavy (non-hydrogen) atoms. The Morgan fingerprint density at radius 3 is 1.77 bits per heavy atom. The van der Waals surface area contributed by atoms with Crippen LogP contribution in [0.4, 0.5) is 26.3 Å². The van der Waals surface area contributed by atoms with Crippen LogP contribution in [-0.4, -0.2) is 18.5 Å². The number of allylic oxidation sites excluding steroid dienone is 6. The lowest BCUT2D eigenvalue weighted by atomic mass is 9.69. The number of nitriles is 4. The largest absolute Gasteiger partial charge is 0.241 e. The van der Waals surface area contributed by atoms with Crippen molar-refractivity contribution < 1.29 is 26.3 Å². The molecule has 0 spiro atoms. The van der Waals surface area contributed by atoms with Crippen molar-refractivity contribution in [1.29, 1.82) is 21.0 Å². The van der Waals surface area contributed by atoms with Crippen LogP contribution in [0.3, 0.4) is 0 Å². The van der Waals surface area contributed by atoms with Gasteiger partial charge in [-0.3, -0.25) is 0 Å². The molecule has 0 aromatic carbocycles. The van der Waals surface area contributed by atoms with E-state index in [2.05, 4.69) is 0 Å². The molecular weight excluding hydrogens is 362 g/mol. The van der Waals surface area contributed by atoms with E-state index in [0.717, 1.165) is 12.1 Å². The van der Waals surface area contributed by atoms with E-state index in [-0.39, 0.29) is 0 Å². The summed E-state index contributed by atoms with van der Waals surface area (Å²) in [6, 6.07) is 4.65. The molecule has 0 bridgehead atoms. The number of hydrogen-bond acceptors (Lipinski definition) is 4. The quantitative estimate of drug-likeness (QED) is 0.521. The summed E-state index contributed by atoms with van der Waals surface area (Å²) in [7, 11) is 0. The fourth-order valence-electron chi connectivity index (χ4n) is 3.01. The first-order chi connectivity index (χ1) is 12.3. The monoisotopic (exact) mass is 368 g/mol. The van der Waals surface area contributed by atoms with Crippen molar-refractivity contribution in [3.05, 3.63) is 34.2 Å². The summed E-state index contributed by atoms with van der Waals surface area (Å²) in [5.41, 5.74) is -3.93. The molecule has 0 aromatic rings. The standard InChI is InChI=1S/C16H6F6N4/c17-11-7(5(1-23)2-24)13(19)15(21)10-9(11)16(22)14(20)8(12(10)18)6(3-25)4-26/h5,7,10,12,14,16H. The van der Waals surface area contributed by atoms with Crippen LogP contribution in [-0.2, 0) is 0 Å². The van der Waals surface area contributed by atoms with Gasteiger partial charge in [-0.15, -0.1) is 0 Å². The molecule has 2 aliphatic rings. The van der Waals surface area contributed by atoms with E-state index in [0.29, 0.717) is 0 Å². The first-order valence-electron chi connectivity index (χ1n) is 6.96. The number of nitrogens with zero attached hydrogens (tertiary/aromatic N) is 4. The molecule has 0 aromatic heterocycles. The van der Waals surface area contributed by atoms with E-state index in [1.54, 1.807) is 0 Å². The lowest BCUT2D eigenvalue weighted by Crippen LogP contribution is -2.44. The molecule has 5 unspecified atom stereocenters. The SMILES string of the molecule is N#CC(C#N)=C1C(F)C(F)C2=C(F)C(C(C#N)C#N)C(F)=C(F)C2C1F. The molecule has 132 valence electrons. The highest BCUT2D eigenvalue weighted by Crippen LogP contribution is 2.52. The van der Waals surface area contributed by atoms with E-state index in [1.165, 1.54) is 12.1 Å². The second-order valence-electron chi connectivity index (χ2n) is 5.45. The number of alkyl halides is 3. The average molecular weight is 368 g/mol. The number of rotatable bonds is 1. The van der Waals surface area contributed by atoms with Crippen LogP contribution in [0.2, 0.25) is 0 Å². The van der Waals surface area contributed by atoms with Crippen LogP contribution >= 0.6 is 0 Å². The molecule has 1 fully saturated rings. The van der Waals surface area contributed by atoms with Crippen LogP contribution in [0.15, 0.2) is 34.2 Å². The van der Waals surface area contributed by atoms with Crippen LogP contribution < -0.4 is 0 Å². The van der Waals surface area contributed by atoms with Crippen LogP contribution in [0, 0.1) is 63.1 Å². The van der Waals surface area contributed by atoms with Gasteiger partial charge in [0.05, 0.1) is 24.0 Å². The molecule has 0 radical (unpaired) electrons. The minimum absolute atomic E-state index is 1.12. The van der Waals surface area contributed by atoms with Gasteiger partial charge in [0.25, 0.3) is 0 Å². The third-order valence-corrected chi connectivity index (χ3v) is 4.22. The van der Waals surface area contributed by atoms with E-state index in [4.69, 9.17) is 21.0 Å². The molecular formula is C16H6F6N4. The summed E-state index contributed by atoms with van der Waals surface area (Å²) < 4.78 is 86.3. The van der Waals surface area contributed by atoms with Gasteiger partial charge in [-0.2, -0.15) is 21.0 Å². The Balaban J connectivity index is 2.76. The highest BCUT2D eigenvalue weighted by Gasteiger charge is 2.55. The van der Waals surface area contributed by atoms with Crippen molar-refractivity contribution in [3.63, 3.8) is 0 Å². The number of hydrogen-bond donors (Lipinski definition) is 0. The maximum atomic E-state index is 14.6. The van der Waals surface area contributed by atoms with Gasteiger partial charge in [0.1, 0.15) is 47.3 Å². The highest BCUT2D eigenvalue weighted by atomic mass is 19.2. The van der Waals surface area contributed by atoms with Crippen LogP contribution in [0.25, 0.3) is 0 Å². The summed E-state index contributed by atoms with van der Waals surface area (Å²) in [6.45, 7) is 0. The fourth-order valence-corrected chi connectivity index (χ4v) is 3.01. The van der Waals surface area contributed by atoms with E-state index in [1.807, 2.05) is 0 Å². The van der Waals surface area contributed by atoms with Gasteiger partial charge in [-0.05, 0) is 0 Å². The second-order valence-corrected chi connectivity index (χ2v) is 5.45. The first kappa shape index (κ1) is 19.1. The van der Waals surface area contributed by atoms with Gasteiger partial charge in [0.2, 0.25) is 0 Å². The minimum atomic E-state index is -3.03. The van der Waals surface area contributed by atoms with Crippen LogP contribution in [0.5, 0.6) is 0 Å². The summed E-state index contributed by atoms with van der Waals surface area (Å²) in [5, 5.41) is 34.9. The van der Waals surface area contributed by atoms with Gasteiger partial charge in [0, 0.05) is 11.1 Å². The molecule has 2 aliphatic carbocycles. The van der Waals surface area contributed by atoms with Crippen molar-refractivity contribution in [3.8, 4) is 24.3 Å². The molecule has 4 nitrogen and oxygen atoms in total. The van der Waals surface area contributed by atoms with E-state index in [9.17, 15) is 26.3 Å². The molecule has 5 atom stereocenters. The van der Waals surface area contributed by atoms with Gasteiger partial charge in [0.15, 0.2) is 12.3 Å². The van der Waals surface area contributed by atoms with Crippen molar-refractivity contribution >= 4 is 0 Å². The molecule has 0 aliphatic heterocycles. The molecule has 10 heteroatoms. The van der Waals surface area contributed by atoms with Crippen molar-refractivity contribution in [1.82, 2.24) is 0 Å². The number of halogens is 6. The Kier molecular flexibility index (Phi) is 5.10.